The molecule has 0 saturated carbocycles. The zero-order valence-corrected chi connectivity index (χ0v) is 11.8. The molecule has 0 radical (unpaired) electrons. The van der Waals surface area contributed by atoms with Gasteiger partial charge in [-0.15, -0.1) is 0 Å². The van der Waals surface area contributed by atoms with Gasteiger partial charge in [0.15, 0.2) is 11.5 Å². The lowest BCUT2D eigenvalue weighted by atomic mass is 10.2. The number of hydrogen-bond donors (Lipinski definition) is 1. The van der Waals surface area contributed by atoms with Gasteiger partial charge in [-0.3, -0.25) is 0 Å². The van der Waals surface area contributed by atoms with Crippen LogP contribution in [-0.2, 0) is 6.61 Å². The van der Waals surface area contributed by atoms with Crippen molar-refractivity contribution in [3.63, 3.8) is 0 Å². The standard InChI is InChI=1S/C15H15ClN2O2/c1-19-14-7-3-5-12(9-18-17)15(14)20-10-11-4-2-6-13(16)8-11/h2-9H,10,17H2,1H3. The van der Waals surface area contributed by atoms with E-state index >= 15 is 0 Å². The fourth-order valence-corrected chi connectivity index (χ4v) is 2.03. The topological polar surface area (TPSA) is 56.8 Å². The van der Waals surface area contributed by atoms with Crippen LogP contribution in [0.4, 0.5) is 0 Å². The normalized spacial score (nSPS) is 10.7. The van der Waals surface area contributed by atoms with Crippen LogP contribution in [0.3, 0.4) is 0 Å². The number of hydrogen-bond acceptors (Lipinski definition) is 4. The van der Waals surface area contributed by atoms with Crippen molar-refractivity contribution in [1.82, 2.24) is 0 Å². The number of nitrogens with zero attached hydrogens (tertiary/aromatic N) is 1. The van der Waals surface area contributed by atoms with Crippen molar-refractivity contribution < 1.29 is 9.47 Å². The second-order valence-electron chi connectivity index (χ2n) is 4.08. The summed E-state index contributed by atoms with van der Waals surface area (Å²) < 4.78 is 11.1. The maximum atomic E-state index is 5.95. The Balaban J connectivity index is 2.23. The van der Waals surface area contributed by atoms with Crippen molar-refractivity contribution in [2.24, 2.45) is 10.9 Å². The lowest BCUT2D eigenvalue weighted by Gasteiger charge is -2.13. The maximum Gasteiger partial charge on any atom is 0.170 e. The van der Waals surface area contributed by atoms with Gasteiger partial charge in [0.2, 0.25) is 0 Å². The lowest BCUT2D eigenvalue weighted by molar-refractivity contribution is 0.284. The van der Waals surface area contributed by atoms with Crippen molar-refractivity contribution in [2.45, 2.75) is 6.61 Å². The fraction of sp³-hybridized carbons (Fsp3) is 0.133. The van der Waals surface area contributed by atoms with E-state index in [-0.39, 0.29) is 0 Å². The molecule has 0 heterocycles. The minimum Gasteiger partial charge on any atom is -0.493 e. The molecule has 0 spiro atoms. The van der Waals surface area contributed by atoms with Crippen LogP contribution in [0.1, 0.15) is 11.1 Å². The van der Waals surface area contributed by atoms with Crippen molar-refractivity contribution in [3.05, 3.63) is 58.6 Å². The van der Waals surface area contributed by atoms with E-state index in [4.69, 9.17) is 26.9 Å². The number of benzene rings is 2. The average molecular weight is 291 g/mol. The first-order chi connectivity index (χ1) is 9.74. The SMILES string of the molecule is COc1cccc(C=NN)c1OCc1cccc(Cl)c1. The molecule has 0 amide bonds. The summed E-state index contributed by atoms with van der Waals surface area (Å²) in [6.07, 6.45) is 1.52. The molecule has 0 bridgehead atoms. The van der Waals surface area contributed by atoms with E-state index in [9.17, 15) is 0 Å². The van der Waals surface area contributed by atoms with E-state index in [2.05, 4.69) is 5.10 Å². The molecule has 4 nitrogen and oxygen atoms in total. The van der Waals surface area contributed by atoms with Crippen LogP contribution in [0.2, 0.25) is 5.02 Å². The highest BCUT2D eigenvalue weighted by Gasteiger charge is 2.09. The molecule has 0 atom stereocenters. The average Bonchev–Trinajstić information content (AvgIpc) is 2.46. The number of ether oxygens (including phenoxy) is 2. The number of hydrazone groups is 1. The fourth-order valence-electron chi connectivity index (χ4n) is 1.81. The number of rotatable bonds is 5. The zero-order chi connectivity index (χ0) is 14.4. The number of para-hydroxylation sites is 1. The van der Waals surface area contributed by atoms with Gasteiger partial charge in [-0.25, -0.2) is 0 Å². The number of nitrogens with two attached hydrogens (primary N) is 1. The van der Waals surface area contributed by atoms with Crippen LogP contribution in [0.25, 0.3) is 0 Å². The first-order valence-electron chi connectivity index (χ1n) is 6.02. The molecular formula is C15H15ClN2O2. The quantitative estimate of drug-likeness (QED) is 0.522. The molecular weight excluding hydrogens is 276 g/mol. The van der Waals surface area contributed by atoms with Gasteiger partial charge in [0.1, 0.15) is 6.61 Å². The first kappa shape index (κ1) is 14.2. The Labute approximate surface area is 122 Å². The van der Waals surface area contributed by atoms with Crippen LogP contribution < -0.4 is 15.3 Å². The predicted octanol–water partition coefficient (Wildman–Crippen LogP) is 3.22. The monoisotopic (exact) mass is 290 g/mol. The predicted molar refractivity (Wildman–Crippen MR) is 80.6 cm³/mol. The highest BCUT2D eigenvalue weighted by molar-refractivity contribution is 6.30. The summed E-state index contributed by atoms with van der Waals surface area (Å²) in [6, 6.07) is 13.0. The molecule has 2 rings (SSSR count). The van der Waals surface area contributed by atoms with E-state index in [1.54, 1.807) is 7.11 Å². The van der Waals surface area contributed by atoms with Crippen molar-refractivity contribution in [1.29, 1.82) is 0 Å². The van der Waals surface area contributed by atoms with Crippen molar-refractivity contribution in [3.8, 4) is 11.5 Å². The van der Waals surface area contributed by atoms with Crippen LogP contribution in [0, 0.1) is 0 Å². The molecule has 0 saturated heterocycles. The molecule has 0 aliphatic rings. The Morgan fingerprint density at radius 2 is 2.05 bits per heavy atom. The van der Waals surface area contributed by atoms with Crippen LogP contribution in [0.15, 0.2) is 47.6 Å². The van der Waals surface area contributed by atoms with Gasteiger partial charge in [-0.1, -0.05) is 29.8 Å². The molecule has 5 heteroatoms. The molecule has 2 aromatic carbocycles. The second-order valence-corrected chi connectivity index (χ2v) is 4.51. The van der Waals surface area contributed by atoms with Crippen LogP contribution in [-0.4, -0.2) is 13.3 Å². The molecule has 20 heavy (non-hydrogen) atoms. The Morgan fingerprint density at radius 1 is 1.25 bits per heavy atom. The summed E-state index contributed by atoms with van der Waals surface area (Å²) >= 11 is 5.95. The van der Waals surface area contributed by atoms with Gasteiger partial charge in [-0.05, 0) is 29.8 Å². The van der Waals surface area contributed by atoms with Crippen molar-refractivity contribution >= 4 is 17.8 Å². The molecule has 0 aliphatic carbocycles. The maximum absolute atomic E-state index is 5.95. The van der Waals surface area contributed by atoms with Crippen LogP contribution >= 0.6 is 11.6 Å². The molecule has 2 N–H and O–H groups in total. The number of halogens is 1. The number of methoxy groups -OCH3 is 1. The highest BCUT2D eigenvalue weighted by Crippen LogP contribution is 2.30. The first-order valence-corrected chi connectivity index (χ1v) is 6.40. The highest BCUT2D eigenvalue weighted by atomic mass is 35.5. The molecule has 0 fully saturated rings. The zero-order valence-electron chi connectivity index (χ0n) is 11.0. The van der Waals surface area contributed by atoms with E-state index < -0.39 is 0 Å². The Hall–Kier alpha value is -2.20. The third-order valence-corrected chi connectivity index (χ3v) is 2.95. The molecule has 0 aromatic heterocycles. The molecule has 0 aliphatic heterocycles. The summed E-state index contributed by atoms with van der Waals surface area (Å²) in [5, 5.41) is 4.21. The molecule has 2 aromatic rings. The van der Waals surface area contributed by atoms with Crippen molar-refractivity contribution in [2.75, 3.05) is 7.11 Å². The minimum absolute atomic E-state index is 0.381. The third kappa shape index (κ3) is 3.42. The minimum atomic E-state index is 0.381. The summed E-state index contributed by atoms with van der Waals surface area (Å²) in [6.45, 7) is 0.381. The van der Waals surface area contributed by atoms with Gasteiger partial charge in [0.25, 0.3) is 0 Å². The van der Waals surface area contributed by atoms with Gasteiger partial charge in [0.05, 0.1) is 13.3 Å². The second kappa shape index (κ2) is 6.82. The molecule has 0 unspecified atom stereocenters. The van der Waals surface area contributed by atoms with Crippen LogP contribution in [0.5, 0.6) is 11.5 Å². The largest absolute Gasteiger partial charge is 0.493 e. The van der Waals surface area contributed by atoms with E-state index in [0.29, 0.717) is 23.1 Å². The van der Waals surface area contributed by atoms with E-state index in [1.165, 1.54) is 6.21 Å². The summed E-state index contributed by atoms with van der Waals surface area (Å²) in [7, 11) is 1.59. The van der Waals surface area contributed by atoms with E-state index in [0.717, 1.165) is 11.1 Å². The summed E-state index contributed by atoms with van der Waals surface area (Å²) in [5.41, 5.74) is 1.73. The van der Waals surface area contributed by atoms with Gasteiger partial charge in [0, 0.05) is 10.6 Å². The Kier molecular flexibility index (Phi) is 4.85. The summed E-state index contributed by atoms with van der Waals surface area (Å²) in [4.78, 5) is 0. The third-order valence-electron chi connectivity index (χ3n) is 2.72. The Bertz CT molecular complexity index is 615. The van der Waals surface area contributed by atoms with Gasteiger partial charge >= 0.3 is 0 Å². The lowest BCUT2D eigenvalue weighted by Crippen LogP contribution is -2.01. The van der Waals surface area contributed by atoms with Gasteiger partial charge < -0.3 is 15.3 Å². The van der Waals surface area contributed by atoms with Gasteiger partial charge in [-0.2, -0.15) is 5.10 Å². The molecule has 104 valence electrons. The smallest absolute Gasteiger partial charge is 0.170 e. The van der Waals surface area contributed by atoms with E-state index in [1.807, 2.05) is 42.5 Å². The summed E-state index contributed by atoms with van der Waals surface area (Å²) in [5.74, 6) is 6.43. The Morgan fingerprint density at radius 3 is 2.75 bits per heavy atom.